The Morgan fingerprint density at radius 2 is 2.00 bits per heavy atom. The van der Waals surface area contributed by atoms with Crippen LogP contribution in [0.1, 0.15) is 28.9 Å². The molecule has 5 heteroatoms. The van der Waals surface area contributed by atoms with Crippen LogP contribution in [0.3, 0.4) is 0 Å². The molecule has 2 aliphatic rings. The first-order chi connectivity index (χ1) is 11.7. The highest BCUT2D eigenvalue weighted by Gasteiger charge is 2.27. The maximum atomic E-state index is 12.5. The van der Waals surface area contributed by atoms with E-state index in [2.05, 4.69) is 34.1 Å². The lowest BCUT2D eigenvalue weighted by atomic mass is 9.96. The quantitative estimate of drug-likeness (QED) is 0.870. The van der Waals surface area contributed by atoms with Crippen molar-refractivity contribution in [3.8, 4) is 0 Å². The number of benzene rings is 1. The van der Waals surface area contributed by atoms with Gasteiger partial charge in [0.2, 0.25) is 0 Å². The van der Waals surface area contributed by atoms with Crippen molar-refractivity contribution in [1.29, 1.82) is 0 Å². The number of para-hydroxylation sites is 1. The SMILES string of the molecule is Cn1cnc(C(=O)N2CCC(CN3CCc4ccccc43)CC2)c1. The van der Waals surface area contributed by atoms with Crippen molar-refractivity contribution in [3.05, 3.63) is 48.0 Å². The van der Waals surface area contributed by atoms with Gasteiger partial charge in [-0.1, -0.05) is 18.2 Å². The number of piperidine rings is 1. The summed E-state index contributed by atoms with van der Waals surface area (Å²) in [6, 6.07) is 8.74. The Morgan fingerprint density at radius 1 is 1.21 bits per heavy atom. The topological polar surface area (TPSA) is 41.4 Å². The molecule has 1 amide bonds. The molecule has 0 unspecified atom stereocenters. The summed E-state index contributed by atoms with van der Waals surface area (Å²) in [7, 11) is 1.89. The van der Waals surface area contributed by atoms with Gasteiger partial charge in [0.15, 0.2) is 0 Å². The molecule has 0 aliphatic carbocycles. The number of anilines is 1. The fourth-order valence-corrected chi connectivity index (χ4v) is 3.91. The number of hydrogen-bond donors (Lipinski definition) is 0. The van der Waals surface area contributed by atoms with Gasteiger partial charge in [0.25, 0.3) is 5.91 Å². The summed E-state index contributed by atoms with van der Waals surface area (Å²) in [6.07, 6.45) is 6.81. The van der Waals surface area contributed by atoms with Crippen molar-refractivity contribution in [2.24, 2.45) is 13.0 Å². The number of likely N-dealkylation sites (tertiary alicyclic amines) is 1. The molecular weight excluding hydrogens is 300 g/mol. The fraction of sp³-hybridized carbons (Fsp3) is 0.474. The summed E-state index contributed by atoms with van der Waals surface area (Å²) in [5.41, 5.74) is 3.44. The lowest BCUT2D eigenvalue weighted by Crippen LogP contribution is -2.41. The van der Waals surface area contributed by atoms with E-state index in [-0.39, 0.29) is 5.91 Å². The third-order valence-corrected chi connectivity index (χ3v) is 5.29. The average Bonchev–Trinajstić information content (AvgIpc) is 3.22. The molecule has 24 heavy (non-hydrogen) atoms. The molecule has 5 nitrogen and oxygen atoms in total. The summed E-state index contributed by atoms with van der Waals surface area (Å²) in [6.45, 7) is 3.93. The number of aromatic nitrogens is 2. The summed E-state index contributed by atoms with van der Waals surface area (Å²) in [5, 5.41) is 0. The number of aryl methyl sites for hydroxylation is 1. The fourth-order valence-electron chi connectivity index (χ4n) is 3.91. The molecule has 126 valence electrons. The minimum absolute atomic E-state index is 0.0700. The zero-order valence-corrected chi connectivity index (χ0v) is 14.2. The monoisotopic (exact) mass is 324 g/mol. The van der Waals surface area contributed by atoms with E-state index < -0.39 is 0 Å². The maximum absolute atomic E-state index is 12.5. The number of imidazole rings is 1. The van der Waals surface area contributed by atoms with Crippen LogP contribution < -0.4 is 4.90 Å². The van der Waals surface area contributed by atoms with E-state index in [1.807, 2.05) is 16.5 Å². The first kappa shape index (κ1) is 15.2. The predicted molar refractivity (Wildman–Crippen MR) is 94.2 cm³/mol. The first-order valence-electron chi connectivity index (χ1n) is 8.81. The van der Waals surface area contributed by atoms with Crippen molar-refractivity contribution < 1.29 is 4.79 Å². The van der Waals surface area contributed by atoms with Crippen molar-refractivity contribution in [3.63, 3.8) is 0 Å². The van der Waals surface area contributed by atoms with Crippen molar-refractivity contribution in [2.45, 2.75) is 19.3 Å². The number of carbonyl (C=O) groups excluding carboxylic acids is 1. The van der Waals surface area contributed by atoms with Crippen LogP contribution in [0.4, 0.5) is 5.69 Å². The van der Waals surface area contributed by atoms with Gasteiger partial charge in [-0.05, 0) is 36.8 Å². The maximum Gasteiger partial charge on any atom is 0.274 e. The van der Waals surface area contributed by atoms with Gasteiger partial charge in [0, 0.05) is 45.1 Å². The van der Waals surface area contributed by atoms with Gasteiger partial charge in [-0.3, -0.25) is 4.79 Å². The third kappa shape index (κ3) is 2.90. The van der Waals surface area contributed by atoms with Gasteiger partial charge >= 0.3 is 0 Å². The van der Waals surface area contributed by atoms with Crippen LogP contribution in [0.25, 0.3) is 0 Å². The molecule has 0 N–H and O–H groups in total. The van der Waals surface area contributed by atoms with Gasteiger partial charge in [0.1, 0.15) is 5.69 Å². The van der Waals surface area contributed by atoms with E-state index in [1.165, 1.54) is 11.3 Å². The summed E-state index contributed by atoms with van der Waals surface area (Å²) >= 11 is 0. The second-order valence-electron chi connectivity index (χ2n) is 6.98. The number of amides is 1. The highest BCUT2D eigenvalue weighted by atomic mass is 16.2. The van der Waals surface area contributed by atoms with Crippen LogP contribution in [0.15, 0.2) is 36.8 Å². The second kappa shape index (κ2) is 6.30. The lowest BCUT2D eigenvalue weighted by Gasteiger charge is -2.34. The van der Waals surface area contributed by atoms with Crippen molar-refractivity contribution >= 4 is 11.6 Å². The van der Waals surface area contributed by atoms with E-state index in [0.29, 0.717) is 11.6 Å². The zero-order chi connectivity index (χ0) is 16.5. The number of carbonyl (C=O) groups is 1. The molecule has 0 bridgehead atoms. The third-order valence-electron chi connectivity index (χ3n) is 5.29. The smallest absolute Gasteiger partial charge is 0.274 e. The van der Waals surface area contributed by atoms with Gasteiger partial charge in [-0.15, -0.1) is 0 Å². The molecule has 2 aliphatic heterocycles. The molecule has 0 radical (unpaired) electrons. The van der Waals surface area contributed by atoms with Crippen LogP contribution in [-0.2, 0) is 13.5 Å². The predicted octanol–water partition coefficient (Wildman–Crippen LogP) is 2.33. The van der Waals surface area contributed by atoms with Crippen LogP contribution in [0, 0.1) is 5.92 Å². The minimum atomic E-state index is 0.0700. The molecular formula is C19H24N4O. The highest BCUT2D eigenvalue weighted by molar-refractivity contribution is 5.92. The Morgan fingerprint density at radius 3 is 2.75 bits per heavy atom. The van der Waals surface area contributed by atoms with Gasteiger partial charge in [-0.25, -0.2) is 4.98 Å². The van der Waals surface area contributed by atoms with Crippen LogP contribution >= 0.6 is 0 Å². The van der Waals surface area contributed by atoms with Crippen LogP contribution in [-0.4, -0.2) is 46.5 Å². The Balaban J connectivity index is 1.33. The number of hydrogen-bond acceptors (Lipinski definition) is 3. The van der Waals surface area contributed by atoms with Gasteiger partial charge in [-0.2, -0.15) is 0 Å². The Hall–Kier alpha value is -2.30. The molecule has 1 saturated heterocycles. The van der Waals surface area contributed by atoms with Crippen molar-refractivity contribution in [1.82, 2.24) is 14.5 Å². The van der Waals surface area contributed by atoms with Crippen LogP contribution in [0.2, 0.25) is 0 Å². The summed E-state index contributed by atoms with van der Waals surface area (Å²) in [5.74, 6) is 0.740. The standard InChI is InChI=1S/C19H24N4O/c1-21-13-17(20-14-21)19(24)22-9-6-15(7-10-22)12-23-11-8-16-4-2-3-5-18(16)23/h2-5,13-15H,6-12H2,1H3. The Kier molecular flexibility index (Phi) is 4.00. The largest absolute Gasteiger partial charge is 0.371 e. The summed E-state index contributed by atoms with van der Waals surface area (Å²) in [4.78, 5) is 21.1. The van der Waals surface area contributed by atoms with E-state index in [0.717, 1.165) is 45.4 Å². The van der Waals surface area contributed by atoms with Gasteiger partial charge < -0.3 is 14.4 Å². The zero-order valence-electron chi connectivity index (χ0n) is 14.2. The first-order valence-corrected chi connectivity index (χ1v) is 8.81. The normalized spacial score (nSPS) is 18.0. The highest BCUT2D eigenvalue weighted by Crippen LogP contribution is 2.30. The average molecular weight is 324 g/mol. The molecule has 1 aromatic heterocycles. The second-order valence-corrected chi connectivity index (χ2v) is 6.98. The van der Waals surface area contributed by atoms with Crippen molar-refractivity contribution in [2.75, 3.05) is 31.1 Å². The molecule has 0 spiro atoms. The molecule has 4 rings (SSSR count). The number of rotatable bonds is 3. The Labute approximate surface area is 142 Å². The molecule has 3 heterocycles. The van der Waals surface area contributed by atoms with Gasteiger partial charge in [0.05, 0.1) is 6.33 Å². The van der Waals surface area contributed by atoms with E-state index in [4.69, 9.17) is 0 Å². The molecule has 1 aromatic carbocycles. The number of nitrogens with zero attached hydrogens (tertiary/aromatic N) is 4. The van der Waals surface area contributed by atoms with E-state index >= 15 is 0 Å². The molecule has 0 saturated carbocycles. The molecule has 2 aromatic rings. The molecule has 1 fully saturated rings. The number of fused-ring (bicyclic) bond motifs is 1. The van der Waals surface area contributed by atoms with Crippen LogP contribution in [0.5, 0.6) is 0 Å². The van der Waals surface area contributed by atoms with E-state index in [1.54, 1.807) is 12.5 Å². The summed E-state index contributed by atoms with van der Waals surface area (Å²) < 4.78 is 1.82. The lowest BCUT2D eigenvalue weighted by molar-refractivity contribution is 0.0687. The molecule has 0 atom stereocenters. The van der Waals surface area contributed by atoms with E-state index in [9.17, 15) is 4.79 Å². The minimum Gasteiger partial charge on any atom is -0.371 e. The Bertz CT molecular complexity index is 730.